The number of hydrogen-bond donors (Lipinski definition) is 1. The number of primary amides is 1. The van der Waals surface area contributed by atoms with Gasteiger partial charge in [-0.05, 0) is 13.0 Å². The molecule has 1 atom stereocenters. The Morgan fingerprint density at radius 1 is 1.80 bits per heavy atom. The fraction of sp³-hybridized carbons (Fsp3) is 0.222. The second-order valence-electron chi connectivity index (χ2n) is 2.94. The van der Waals surface area contributed by atoms with Crippen molar-refractivity contribution >= 4 is 28.4 Å². The number of pyridine rings is 1. The summed E-state index contributed by atoms with van der Waals surface area (Å²) in [4.78, 5) is 15.0. The third-order valence-electron chi connectivity index (χ3n) is 1.88. The van der Waals surface area contributed by atoms with Crippen LogP contribution in [-0.2, 0) is 0 Å². The van der Waals surface area contributed by atoms with E-state index in [1.807, 2.05) is 6.92 Å². The fourth-order valence-corrected chi connectivity index (χ4v) is 1.76. The van der Waals surface area contributed by atoms with Crippen LogP contribution in [0, 0.1) is 0 Å². The zero-order chi connectivity index (χ0) is 11.7. The molecule has 0 aliphatic carbocycles. The Balaban J connectivity index is 2.44. The largest absolute Gasteiger partial charge is 0.365 e. The Kier molecular flexibility index (Phi) is 2.27. The summed E-state index contributed by atoms with van der Waals surface area (Å²) in [6, 6.07) is 1.63. The molecule has 6 heteroatoms. The van der Waals surface area contributed by atoms with Gasteiger partial charge in [-0.1, -0.05) is 11.8 Å². The molecule has 0 saturated heterocycles. The van der Waals surface area contributed by atoms with E-state index in [0.29, 0.717) is 5.69 Å². The van der Waals surface area contributed by atoms with Crippen LogP contribution in [-0.4, -0.2) is 21.8 Å². The lowest BCUT2D eigenvalue weighted by Crippen LogP contribution is -2.19. The van der Waals surface area contributed by atoms with Crippen molar-refractivity contribution in [2.24, 2.45) is 10.8 Å². The average molecular weight is 223 g/mol. The Hall–Kier alpha value is -1.56. The number of nitrogens with two attached hydrogens (primary N) is 1. The highest BCUT2D eigenvalue weighted by Crippen LogP contribution is 2.26. The topological polar surface area (TPSA) is 71.6 Å². The normalized spacial score (nSPS) is 21.1. The van der Waals surface area contributed by atoms with Gasteiger partial charge < -0.3 is 5.73 Å². The molecular formula is C9H10N4OS. The molecule has 15 heavy (non-hydrogen) atoms. The van der Waals surface area contributed by atoms with E-state index < -0.39 is 11.8 Å². The molecule has 2 rings (SSSR count). The van der Waals surface area contributed by atoms with Crippen LogP contribution >= 0.6 is 11.8 Å². The summed E-state index contributed by atoms with van der Waals surface area (Å²) >= 11 is 1.31. The Morgan fingerprint density at radius 2 is 2.60 bits per heavy atom. The summed E-state index contributed by atoms with van der Waals surface area (Å²) in [6.07, 6.45) is 2.93. The van der Waals surface area contributed by atoms with Crippen molar-refractivity contribution in [2.45, 2.75) is 6.92 Å². The Morgan fingerprint density at radius 3 is 3.20 bits per heavy atom. The molecule has 1 amide bonds. The van der Waals surface area contributed by atoms with Gasteiger partial charge in [-0.2, -0.15) is 5.10 Å². The second-order valence-corrected chi connectivity index (χ2v) is 3.98. The first kappa shape index (κ1) is 8.72. The van der Waals surface area contributed by atoms with Crippen LogP contribution in [0.25, 0.3) is 0 Å². The van der Waals surface area contributed by atoms with Gasteiger partial charge >= 0.3 is 0 Å². The van der Waals surface area contributed by atoms with Gasteiger partial charge in [0.05, 0.1) is 23.5 Å². The molecule has 78 valence electrons. The van der Waals surface area contributed by atoms with Gasteiger partial charge in [0.1, 0.15) is 0 Å². The van der Waals surface area contributed by atoms with Crippen molar-refractivity contribution < 1.29 is 6.17 Å². The molecule has 0 aromatic carbocycles. The van der Waals surface area contributed by atoms with Gasteiger partial charge in [0.25, 0.3) is 5.91 Å². The van der Waals surface area contributed by atoms with Crippen LogP contribution in [0.2, 0.25) is 0 Å². The molecule has 0 bridgehead atoms. The molecule has 0 radical (unpaired) electrons. The lowest BCUT2D eigenvalue weighted by Gasteiger charge is -2.14. The minimum absolute atomic E-state index is 0.277. The van der Waals surface area contributed by atoms with Gasteiger partial charge in [-0.25, -0.2) is 0 Å². The maximum atomic E-state index is 11.2. The van der Waals surface area contributed by atoms with Gasteiger partial charge in [-0.15, -0.1) is 0 Å². The average Bonchev–Trinajstić information content (AvgIpc) is 2.57. The van der Waals surface area contributed by atoms with E-state index in [-0.39, 0.29) is 5.56 Å². The molecule has 0 spiro atoms. The predicted octanol–water partition coefficient (Wildman–Crippen LogP) is 1.02. The maximum Gasteiger partial charge on any atom is 0.252 e. The quantitative estimate of drug-likeness (QED) is 0.812. The molecule has 1 aromatic rings. The van der Waals surface area contributed by atoms with Crippen molar-refractivity contribution in [1.29, 1.82) is 0 Å². The molecule has 1 unspecified atom stereocenters. The van der Waals surface area contributed by atoms with E-state index >= 15 is 0 Å². The summed E-state index contributed by atoms with van der Waals surface area (Å²) in [6.45, 7) is 1.82. The standard InChI is InChI=1S/C9H10N4OS/c1-6-12-13(5-15-6)8-2-3-11-4-7(8)9(10)14/h2-4H,5H2,1H3,(H2,10,14)/i5D. The zero-order valence-electron chi connectivity index (χ0n) is 9.04. The summed E-state index contributed by atoms with van der Waals surface area (Å²) in [5.41, 5.74) is 6.04. The van der Waals surface area contributed by atoms with Crippen LogP contribution in [0.3, 0.4) is 0 Å². The highest BCUT2D eigenvalue weighted by atomic mass is 32.2. The highest BCUT2D eigenvalue weighted by molar-refractivity contribution is 8.14. The number of thioether (sulfide) groups is 1. The summed E-state index contributed by atoms with van der Waals surface area (Å²) in [7, 11) is 0. The third-order valence-corrected chi connectivity index (χ3v) is 2.61. The zero-order valence-corrected chi connectivity index (χ0v) is 8.86. The number of hydrogen-bond acceptors (Lipinski definition) is 5. The maximum absolute atomic E-state index is 11.2. The smallest absolute Gasteiger partial charge is 0.252 e. The van der Waals surface area contributed by atoms with E-state index in [2.05, 4.69) is 10.1 Å². The minimum atomic E-state index is -0.583. The van der Waals surface area contributed by atoms with E-state index in [1.54, 1.807) is 12.3 Å². The summed E-state index contributed by atoms with van der Waals surface area (Å²) in [5, 5.41) is 6.42. The Bertz CT molecular complexity index is 465. The predicted molar refractivity (Wildman–Crippen MR) is 60.8 cm³/mol. The number of aromatic nitrogens is 1. The summed E-state index contributed by atoms with van der Waals surface area (Å²) in [5.74, 6) is -1.15. The number of rotatable bonds is 2. The molecule has 5 nitrogen and oxygen atoms in total. The molecule has 0 saturated carbocycles. The lowest BCUT2D eigenvalue weighted by molar-refractivity contribution is 0.100. The Labute approximate surface area is 92.8 Å². The van der Waals surface area contributed by atoms with Gasteiger partial charge in [0.2, 0.25) is 0 Å². The van der Waals surface area contributed by atoms with E-state index in [9.17, 15) is 4.79 Å². The van der Waals surface area contributed by atoms with Crippen molar-refractivity contribution in [1.82, 2.24) is 4.98 Å². The molecule has 1 aliphatic rings. The van der Waals surface area contributed by atoms with Crippen LogP contribution < -0.4 is 10.7 Å². The van der Waals surface area contributed by atoms with Crippen molar-refractivity contribution in [3.63, 3.8) is 0 Å². The molecule has 0 fully saturated rings. The number of hydrazone groups is 1. The van der Waals surface area contributed by atoms with E-state index in [4.69, 9.17) is 7.10 Å². The van der Waals surface area contributed by atoms with Crippen LogP contribution in [0.15, 0.2) is 23.6 Å². The number of amides is 1. The first-order valence-electron chi connectivity index (χ1n) is 4.84. The SMILES string of the molecule is [2H]C1SC(C)=NN1c1ccncc1C(N)=O. The fourth-order valence-electron chi connectivity index (χ4n) is 1.21. The number of anilines is 1. The number of carbonyl (C=O) groups is 1. The second kappa shape index (κ2) is 3.90. The van der Waals surface area contributed by atoms with E-state index in [0.717, 1.165) is 5.04 Å². The van der Waals surface area contributed by atoms with Crippen LogP contribution in [0.1, 0.15) is 18.7 Å². The molecule has 2 heterocycles. The molecule has 1 aromatic heterocycles. The van der Waals surface area contributed by atoms with Gasteiger partial charge in [0.15, 0.2) is 0 Å². The van der Waals surface area contributed by atoms with E-state index in [1.165, 1.54) is 23.0 Å². The first-order chi connectivity index (χ1) is 7.59. The third kappa shape index (κ3) is 1.94. The monoisotopic (exact) mass is 223 g/mol. The minimum Gasteiger partial charge on any atom is -0.365 e. The molecule has 1 aliphatic heterocycles. The lowest BCUT2D eigenvalue weighted by atomic mass is 10.2. The highest BCUT2D eigenvalue weighted by Gasteiger charge is 2.18. The first-order valence-corrected chi connectivity index (χ1v) is 5.14. The number of carbonyl (C=O) groups excluding carboxylic acids is 1. The van der Waals surface area contributed by atoms with Crippen molar-refractivity contribution in [3.05, 3.63) is 24.0 Å². The summed E-state index contributed by atoms with van der Waals surface area (Å²) < 4.78 is 7.80. The van der Waals surface area contributed by atoms with Crippen LogP contribution in [0.4, 0.5) is 5.69 Å². The molecule has 2 N–H and O–H groups in total. The van der Waals surface area contributed by atoms with Crippen LogP contribution in [0.5, 0.6) is 0 Å². The van der Waals surface area contributed by atoms with Crippen molar-refractivity contribution in [3.8, 4) is 0 Å². The molecular weight excluding hydrogens is 212 g/mol. The van der Waals surface area contributed by atoms with Gasteiger partial charge in [0, 0.05) is 12.4 Å². The van der Waals surface area contributed by atoms with Crippen molar-refractivity contribution in [2.75, 3.05) is 10.9 Å². The number of nitrogens with zero attached hydrogens (tertiary/aromatic N) is 3. The van der Waals surface area contributed by atoms with Gasteiger partial charge in [-0.3, -0.25) is 14.8 Å².